The first-order valence-electron chi connectivity index (χ1n) is 7.01. The van der Waals surface area contributed by atoms with Crippen molar-refractivity contribution in [3.63, 3.8) is 0 Å². The molecule has 110 valence electrons. The van der Waals surface area contributed by atoms with Crippen LogP contribution in [0.5, 0.6) is 0 Å². The molecule has 5 heteroatoms. The number of nitrogens with zero attached hydrogens (tertiary/aromatic N) is 2. The minimum Gasteiger partial charge on any atom is -0.383 e. The van der Waals surface area contributed by atoms with Crippen LogP contribution in [-0.4, -0.2) is 38.3 Å². The highest BCUT2D eigenvalue weighted by molar-refractivity contribution is 7.15. The average Bonchev–Trinajstić information content (AvgIpc) is 2.84. The molecular formula is C14H27N3OS. The molecule has 0 saturated heterocycles. The maximum absolute atomic E-state index is 5.19. The summed E-state index contributed by atoms with van der Waals surface area (Å²) in [5.74, 6) is 0.621. The zero-order chi connectivity index (χ0) is 14.3. The van der Waals surface area contributed by atoms with E-state index < -0.39 is 0 Å². The molecule has 1 aromatic heterocycles. The molecule has 0 bridgehead atoms. The van der Waals surface area contributed by atoms with Crippen LogP contribution in [-0.2, 0) is 4.74 Å². The van der Waals surface area contributed by atoms with Gasteiger partial charge >= 0.3 is 0 Å². The van der Waals surface area contributed by atoms with E-state index in [1.54, 1.807) is 18.4 Å². The van der Waals surface area contributed by atoms with Gasteiger partial charge in [0.25, 0.3) is 0 Å². The van der Waals surface area contributed by atoms with Gasteiger partial charge in [-0.15, -0.1) is 11.3 Å². The van der Waals surface area contributed by atoms with E-state index in [0.717, 1.165) is 31.4 Å². The number of anilines is 1. The Balaban J connectivity index is 2.72. The fourth-order valence-corrected chi connectivity index (χ4v) is 2.91. The van der Waals surface area contributed by atoms with Gasteiger partial charge in [0, 0.05) is 37.3 Å². The van der Waals surface area contributed by atoms with E-state index in [9.17, 15) is 0 Å². The van der Waals surface area contributed by atoms with Gasteiger partial charge in [0.1, 0.15) is 0 Å². The van der Waals surface area contributed by atoms with Crippen LogP contribution in [0.4, 0.5) is 5.13 Å². The zero-order valence-corrected chi connectivity index (χ0v) is 13.6. The van der Waals surface area contributed by atoms with Crippen molar-refractivity contribution in [1.82, 2.24) is 10.3 Å². The van der Waals surface area contributed by atoms with E-state index in [2.05, 4.69) is 42.9 Å². The molecule has 19 heavy (non-hydrogen) atoms. The third-order valence-electron chi connectivity index (χ3n) is 2.87. The van der Waals surface area contributed by atoms with Crippen LogP contribution >= 0.6 is 11.3 Å². The Kier molecular flexibility index (Phi) is 7.34. The highest BCUT2D eigenvalue weighted by Gasteiger charge is 2.15. The van der Waals surface area contributed by atoms with Crippen molar-refractivity contribution >= 4 is 16.5 Å². The van der Waals surface area contributed by atoms with Crippen LogP contribution in [0, 0.1) is 5.92 Å². The van der Waals surface area contributed by atoms with Crippen molar-refractivity contribution in [1.29, 1.82) is 0 Å². The largest absolute Gasteiger partial charge is 0.383 e. The van der Waals surface area contributed by atoms with Crippen LogP contribution in [0.2, 0.25) is 0 Å². The number of aromatic nitrogens is 1. The molecule has 1 N–H and O–H groups in total. The lowest BCUT2D eigenvalue weighted by molar-refractivity contribution is 0.204. The maximum atomic E-state index is 5.19. The summed E-state index contributed by atoms with van der Waals surface area (Å²) in [4.78, 5) is 8.19. The van der Waals surface area contributed by atoms with Gasteiger partial charge in [0.15, 0.2) is 5.13 Å². The van der Waals surface area contributed by atoms with Crippen molar-refractivity contribution in [2.24, 2.45) is 5.92 Å². The number of methoxy groups -OCH3 is 1. The molecule has 0 spiro atoms. The van der Waals surface area contributed by atoms with Crippen molar-refractivity contribution in [3.05, 3.63) is 11.1 Å². The smallest absolute Gasteiger partial charge is 0.185 e. The Labute approximate surface area is 121 Å². The lowest BCUT2D eigenvalue weighted by Crippen LogP contribution is -2.30. The van der Waals surface area contributed by atoms with Gasteiger partial charge in [-0.25, -0.2) is 4.98 Å². The fourth-order valence-electron chi connectivity index (χ4n) is 1.94. The molecule has 0 amide bonds. The Morgan fingerprint density at radius 1 is 1.42 bits per heavy atom. The Bertz CT molecular complexity index is 354. The van der Waals surface area contributed by atoms with Gasteiger partial charge in [-0.2, -0.15) is 0 Å². The zero-order valence-electron chi connectivity index (χ0n) is 12.8. The topological polar surface area (TPSA) is 37.4 Å². The van der Waals surface area contributed by atoms with Crippen molar-refractivity contribution in [3.8, 4) is 0 Å². The van der Waals surface area contributed by atoms with Crippen LogP contribution in [0.3, 0.4) is 0 Å². The lowest BCUT2D eigenvalue weighted by atomic mass is 10.2. The molecule has 0 fully saturated rings. The van der Waals surface area contributed by atoms with Crippen LogP contribution in [0.25, 0.3) is 0 Å². The third kappa shape index (κ3) is 5.47. The van der Waals surface area contributed by atoms with Crippen molar-refractivity contribution < 1.29 is 4.74 Å². The minimum atomic E-state index is 0.375. The minimum absolute atomic E-state index is 0.375. The molecule has 0 saturated carbocycles. The molecule has 0 aliphatic rings. The van der Waals surface area contributed by atoms with E-state index in [0.29, 0.717) is 12.0 Å². The second-order valence-corrected chi connectivity index (χ2v) is 6.20. The number of nitrogens with one attached hydrogen (secondary N) is 1. The summed E-state index contributed by atoms with van der Waals surface area (Å²) < 4.78 is 5.19. The highest BCUT2D eigenvalue weighted by atomic mass is 32.1. The quantitative estimate of drug-likeness (QED) is 0.757. The predicted octanol–water partition coefficient (Wildman–Crippen LogP) is 2.92. The first-order valence-corrected chi connectivity index (χ1v) is 7.83. The van der Waals surface area contributed by atoms with Gasteiger partial charge in [0.05, 0.1) is 6.61 Å². The summed E-state index contributed by atoms with van der Waals surface area (Å²) in [5.41, 5.74) is 0. The van der Waals surface area contributed by atoms with Gasteiger partial charge in [-0.05, 0) is 19.4 Å². The Hall–Kier alpha value is -0.650. The SMILES string of the molecule is CCNC(C)c1cnc(N(CCOC)CC(C)C)s1. The number of ether oxygens (including phenoxy) is 1. The predicted molar refractivity (Wildman–Crippen MR) is 83.1 cm³/mol. The molecule has 1 rings (SSSR count). The third-order valence-corrected chi connectivity index (χ3v) is 4.11. The number of rotatable bonds is 9. The van der Waals surface area contributed by atoms with Gasteiger partial charge in [0.2, 0.25) is 0 Å². The summed E-state index contributed by atoms with van der Waals surface area (Å²) >= 11 is 1.78. The maximum Gasteiger partial charge on any atom is 0.185 e. The average molecular weight is 285 g/mol. The first-order chi connectivity index (χ1) is 9.08. The molecule has 0 radical (unpaired) electrons. The normalized spacial score (nSPS) is 12.9. The van der Waals surface area contributed by atoms with Crippen molar-refractivity contribution in [2.75, 3.05) is 38.3 Å². The number of thiazole rings is 1. The summed E-state index contributed by atoms with van der Waals surface area (Å²) in [6, 6.07) is 0.375. The summed E-state index contributed by atoms with van der Waals surface area (Å²) in [7, 11) is 1.74. The van der Waals surface area contributed by atoms with E-state index >= 15 is 0 Å². The molecule has 1 atom stereocenters. The molecule has 1 unspecified atom stereocenters. The van der Waals surface area contributed by atoms with Crippen LogP contribution in [0.15, 0.2) is 6.20 Å². The molecule has 0 aliphatic heterocycles. The van der Waals surface area contributed by atoms with E-state index in [-0.39, 0.29) is 0 Å². The second kappa shape index (κ2) is 8.51. The summed E-state index contributed by atoms with van der Waals surface area (Å²) in [6.07, 6.45) is 1.99. The molecule has 1 aromatic rings. The monoisotopic (exact) mass is 285 g/mol. The van der Waals surface area contributed by atoms with Crippen molar-refractivity contribution in [2.45, 2.75) is 33.7 Å². The molecule has 0 aliphatic carbocycles. The van der Waals surface area contributed by atoms with Gasteiger partial charge < -0.3 is 15.0 Å². The lowest BCUT2D eigenvalue weighted by Gasteiger charge is -2.23. The molecular weight excluding hydrogens is 258 g/mol. The van der Waals surface area contributed by atoms with Crippen LogP contribution in [0.1, 0.15) is 38.6 Å². The Morgan fingerprint density at radius 3 is 2.74 bits per heavy atom. The summed E-state index contributed by atoms with van der Waals surface area (Å²) in [6.45, 7) is 12.4. The molecule has 0 aromatic carbocycles. The van der Waals surface area contributed by atoms with E-state index in [1.807, 2.05) is 6.20 Å². The van der Waals surface area contributed by atoms with Gasteiger partial charge in [-0.3, -0.25) is 0 Å². The number of hydrogen-bond acceptors (Lipinski definition) is 5. The first kappa shape index (κ1) is 16.4. The Morgan fingerprint density at radius 2 is 2.16 bits per heavy atom. The highest BCUT2D eigenvalue weighted by Crippen LogP contribution is 2.27. The van der Waals surface area contributed by atoms with Crippen LogP contribution < -0.4 is 10.2 Å². The van der Waals surface area contributed by atoms with E-state index in [4.69, 9.17) is 4.74 Å². The van der Waals surface area contributed by atoms with E-state index in [1.165, 1.54) is 4.88 Å². The second-order valence-electron chi connectivity index (χ2n) is 5.16. The number of hydrogen-bond donors (Lipinski definition) is 1. The summed E-state index contributed by atoms with van der Waals surface area (Å²) in [5, 5.41) is 4.53. The van der Waals surface area contributed by atoms with Gasteiger partial charge in [-0.1, -0.05) is 20.8 Å². The molecule has 4 nitrogen and oxygen atoms in total. The molecule has 1 heterocycles. The fraction of sp³-hybridized carbons (Fsp3) is 0.786. The standard InChI is InChI=1S/C14H27N3OS/c1-6-15-12(4)13-9-16-14(19-13)17(7-8-18-5)10-11(2)3/h9,11-12,15H,6-8,10H2,1-5H3.